The highest BCUT2D eigenvalue weighted by Crippen LogP contribution is 2.53. The van der Waals surface area contributed by atoms with Gasteiger partial charge in [-0.25, -0.2) is 0 Å². The van der Waals surface area contributed by atoms with Gasteiger partial charge in [-0.1, -0.05) is 15.9 Å². The molecule has 1 aromatic carbocycles. The third-order valence-electron chi connectivity index (χ3n) is 4.47. The van der Waals surface area contributed by atoms with Gasteiger partial charge < -0.3 is 19.5 Å². The topological polar surface area (TPSA) is 56.8 Å². The van der Waals surface area contributed by atoms with Crippen molar-refractivity contribution in [3.8, 4) is 5.75 Å². The summed E-state index contributed by atoms with van der Waals surface area (Å²) in [6.45, 7) is 2.24. The van der Waals surface area contributed by atoms with Gasteiger partial charge in [0.15, 0.2) is 0 Å². The number of hydrogen-bond donors (Lipinski definition) is 1. The maximum atomic E-state index is 11.9. The molecule has 1 unspecified atom stereocenters. The number of fused-ring (bicyclic) bond motifs is 3. The quantitative estimate of drug-likeness (QED) is 0.771. The summed E-state index contributed by atoms with van der Waals surface area (Å²) in [5.41, 5.74) is 0.170. The Kier molecular flexibility index (Phi) is 2.64. The number of benzene rings is 1. The van der Waals surface area contributed by atoms with Gasteiger partial charge >= 0.3 is 0 Å². The van der Waals surface area contributed by atoms with E-state index in [1.165, 1.54) is 0 Å². The maximum Gasteiger partial charge on any atom is 0.246 e. The number of rotatable bonds is 0. The van der Waals surface area contributed by atoms with E-state index >= 15 is 0 Å². The fourth-order valence-electron chi connectivity index (χ4n) is 3.30. The van der Waals surface area contributed by atoms with Crippen molar-refractivity contribution in [2.45, 2.75) is 5.54 Å². The van der Waals surface area contributed by atoms with Crippen LogP contribution in [0.5, 0.6) is 5.75 Å². The van der Waals surface area contributed by atoms with Crippen molar-refractivity contribution in [3.05, 3.63) is 28.2 Å². The van der Waals surface area contributed by atoms with Crippen molar-refractivity contribution < 1.29 is 19.0 Å². The zero-order chi connectivity index (χ0) is 13.8. The third-order valence-corrected chi connectivity index (χ3v) is 4.97. The van der Waals surface area contributed by atoms with Gasteiger partial charge in [-0.15, -0.1) is 0 Å². The molecule has 1 aromatic rings. The third kappa shape index (κ3) is 1.52. The Labute approximate surface area is 124 Å². The van der Waals surface area contributed by atoms with Crippen LogP contribution in [-0.4, -0.2) is 38.9 Å². The normalized spacial score (nSPS) is 30.4. The van der Waals surface area contributed by atoms with Gasteiger partial charge in [-0.3, -0.25) is 4.79 Å². The highest BCUT2D eigenvalue weighted by Gasteiger charge is 2.62. The van der Waals surface area contributed by atoms with E-state index in [1.54, 1.807) is 0 Å². The van der Waals surface area contributed by atoms with E-state index < -0.39 is 5.54 Å². The summed E-state index contributed by atoms with van der Waals surface area (Å²) in [4.78, 5) is 11.9. The summed E-state index contributed by atoms with van der Waals surface area (Å²) in [7, 11) is 0. The molecule has 5 nitrogen and oxygen atoms in total. The largest absolute Gasteiger partial charge is 0.492 e. The fraction of sp³-hybridized carbons (Fsp3) is 0.500. The molecular weight excluding hydrogens is 326 g/mol. The molecule has 2 fully saturated rings. The fourth-order valence-corrected chi connectivity index (χ4v) is 3.66. The number of ether oxygens (including phenoxy) is 3. The second-order valence-corrected chi connectivity index (χ2v) is 6.56. The zero-order valence-electron chi connectivity index (χ0n) is 10.8. The van der Waals surface area contributed by atoms with Gasteiger partial charge in [0.05, 0.1) is 25.2 Å². The van der Waals surface area contributed by atoms with E-state index in [4.69, 9.17) is 14.2 Å². The second kappa shape index (κ2) is 4.19. The molecule has 0 aromatic heterocycles. The van der Waals surface area contributed by atoms with E-state index in [0.29, 0.717) is 26.4 Å². The lowest BCUT2D eigenvalue weighted by molar-refractivity contribution is -0.214. The van der Waals surface area contributed by atoms with E-state index in [9.17, 15) is 4.79 Å². The van der Waals surface area contributed by atoms with Crippen LogP contribution in [0.25, 0.3) is 0 Å². The first-order chi connectivity index (χ1) is 9.65. The van der Waals surface area contributed by atoms with E-state index in [0.717, 1.165) is 15.8 Å². The van der Waals surface area contributed by atoms with Gasteiger partial charge in [0, 0.05) is 10.0 Å². The highest BCUT2D eigenvalue weighted by molar-refractivity contribution is 9.10. The summed E-state index contributed by atoms with van der Waals surface area (Å²) >= 11 is 3.49. The SMILES string of the molecule is O=C1COCC2(N1)c1cc(Br)ccc1OCC21COC1. The maximum absolute atomic E-state index is 11.9. The Morgan fingerprint density at radius 3 is 2.70 bits per heavy atom. The first-order valence-electron chi connectivity index (χ1n) is 6.55. The Morgan fingerprint density at radius 1 is 1.15 bits per heavy atom. The Bertz CT molecular complexity index is 587. The van der Waals surface area contributed by atoms with Crippen LogP contribution < -0.4 is 10.1 Å². The molecular formula is C14H14BrNO4. The molecule has 0 aliphatic carbocycles. The van der Waals surface area contributed by atoms with Crippen molar-refractivity contribution in [2.75, 3.05) is 33.0 Å². The average molecular weight is 340 g/mol. The molecule has 2 saturated heterocycles. The second-order valence-electron chi connectivity index (χ2n) is 5.65. The van der Waals surface area contributed by atoms with Crippen LogP contribution in [0.1, 0.15) is 5.56 Å². The molecule has 1 atom stereocenters. The van der Waals surface area contributed by atoms with Crippen LogP contribution in [-0.2, 0) is 19.8 Å². The lowest BCUT2D eigenvalue weighted by Gasteiger charge is -2.58. The van der Waals surface area contributed by atoms with Crippen LogP contribution in [0.4, 0.5) is 0 Å². The monoisotopic (exact) mass is 339 g/mol. The summed E-state index contributed by atoms with van der Waals surface area (Å²) in [6.07, 6.45) is 0. The Hall–Kier alpha value is -1.11. The number of hydrogen-bond acceptors (Lipinski definition) is 4. The van der Waals surface area contributed by atoms with E-state index in [2.05, 4.69) is 21.2 Å². The summed E-state index contributed by atoms with van der Waals surface area (Å²) in [5, 5.41) is 3.16. The molecule has 3 aliphatic heterocycles. The smallest absolute Gasteiger partial charge is 0.246 e. The first-order valence-corrected chi connectivity index (χ1v) is 7.34. The molecule has 3 aliphatic rings. The summed E-state index contributed by atoms with van der Waals surface area (Å²) < 4.78 is 17.8. The number of halogens is 1. The van der Waals surface area contributed by atoms with Crippen molar-refractivity contribution in [2.24, 2.45) is 5.41 Å². The molecule has 0 saturated carbocycles. The minimum atomic E-state index is -0.558. The van der Waals surface area contributed by atoms with Crippen molar-refractivity contribution in [3.63, 3.8) is 0 Å². The number of carbonyl (C=O) groups is 1. The summed E-state index contributed by atoms with van der Waals surface area (Å²) in [5.74, 6) is 0.715. The minimum absolute atomic E-state index is 0.0876. The molecule has 3 heterocycles. The van der Waals surface area contributed by atoms with Crippen molar-refractivity contribution in [1.82, 2.24) is 5.32 Å². The van der Waals surface area contributed by atoms with Crippen LogP contribution >= 0.6 is 15.9 Å². The molecule has 106 valence electrons. The van der Waals surface area contributed by atoms with E-state index in [1.807, 2.05) is 18.2 Å². The standard InChI is InChI=1S/C14H14BrNO4/c15-9-1-2-11-10(3-9)14(8-18-4-12(17)16-14)13(7-20-11)5-19-6-13/h1-3H,4-8H2,(H,16,17). The molecule has 1 N–H and O–H groups in total. The van der Waals surface area contributed by atoms with Gasteiger partial charge in [0.2, 0.25) is 5.91 Å². The zero-order valence-corrected chi connectivity index (χ0v) is 12.4. The van der Waals surface area contributed by atoms with Crippen LogP contribution in [0, 0.1) is 5.41 Å². The van der Waals surface area contributed by atoms with Crippen LogP contribution in [0.3, 0.4) is 0 Å². The molecule has 6 heteroatoms. The molecule has 20 heavy (non-hydrogen) atoms. The number of morpholine rings is 1. The predicted molar refractivity (Wildman–Crippen MR) is 73.5 cm³/mol. The number of amides is 1. The lowest BCUT2D eigenvalue weighted by atomic mass is 9.63. The molecule has 1 amide bonds. The van der Waals surface area contributed by atoms with Crippen LogP contribution in [0.2, 0.25) is 0 Å². The van der Waals surface area contributed by atoms with Gasteiger partial charge in [0.1, 0.15) is 24.5 Å². The van der Waals surface area contributed by atoms with Gasteiger partial charge in [-0.2, -0.15) is 0 Å². The number of carbonyl (C=O) groups excluding carboxylic acids is 1. The van der Waals surface area contributed by atoms with Crippen molar-refractivity contribution >= 4 is 21.8 Å². The number of nitrogens with one attached hydrogen (secondary N) is 1. The highest BCUT2D eigenvalue weighted by atomic mass is 79.9. The molecule has 2 spiro atoms. The predicted octanol–water partition coefficient (Wildman–Crippen LogP) is 1.20. The van der Waals surface area contributed by atoms with E-state index in [-0.39, 0.29) is 17.9 Å². The van der Waals surface area contributed by atoms with Crippen LogP contribution in [0.15, 0.2) is 22.7 Å². The first kappa shape index (κ1) is 12.6. The van der Waals surface area contributed by atoms with Crippen molar-refractivity contribution in [1.29, 1.82) is 0 Å². The molecule has 0 radical (unpaired) electrons. The Morgan fingerprint density at radius 2 is 2.00 bits per heavy atom. The minimum Gasteiger partial charge on any atom is -0.492 e. The summed E-state index contributed by atoms with van der Waals surface area (Å²) in [6, 6.07) is 5.87. The average Bonchev–Trinajstić information content (AvgIpc) is 2.38. The lowest BCUT2D eigenvalue weighted by Crippen LogP contribution is -2.73. The Balaban J connectivity index is 1.90. The van der Waals surface area contributed by atoms with Gasteiger partial charge in [0.25, 0.3) is 0 Å². The molecule has 4 rings (SSSR count). The molecule has 0 bridgehead atoms. The van der Waals surface area contributed by atoms with Gasteiger partial charge in [-0.05, 0) is 18.2 Å².